The van der Waals surface area contributed by atoms with Crippen LogP contribution in [0.3, 0.4) is 0 Å². The molecule has 1 heterocycles. The predicted octanol–water partition coefficient (Wildman–Crippen LogP) is 2.18. The summed E-state index contributed by atoms with van der Waals surface area (Å²) in [5.74, 6) is -1.28. The summed E-state index contributed by atoms with van der Waals surface area (Å²) in [6, 6.07) is 14.2. The minimum absolute atomic E-state index is 0.0698. The Bertz CT molecular complexity index is 1090. The lowest BCUT2D eigenvalue weighted by Gasteiger charge is -2.11. The zero-order valence-corrected chi connectivity index (χ0v) is 14.1. The van der Waals surface area contributed by atoms with Crippen molar-refractivity contribution >= 4 is 16.9 Å². The Balaban J connectivity index is 1.73. The third kappa shape index (κ3) is 4.10. The molecule has 0 aliphatic rings. The van der Waals surface area contributed by atoms with E-state index in [1.165, 1.54) is 18.2 Å². The molecule has 27 heavy (non-hydrogen) atoms. The number of hydrogen-bond donors (Lipinski definition) is 0. The van der Waals surface area contributed by atoms with Crippen molar-refractivity contribution in [1.82, 2.24) is 9.55 Å². The highest BCUT2D eigenvalue weighted by atomic mass is 19.1. The van der Waals surface area contributed by atoms with E-state index in [4.69, 9.17) is 14.7 Å². The van der Waals surface area contributed by atoms with Crippen molar-refractivity contribution in [3.63, 3.8) is 0 Å². The number of nitrogens with zero attached hydrogens (tertiary/aromatic N) is 3. The van der Waals surface area contributed by atoms with Gasteiger partial charge >= 0.3 is 5.97 Å². The summed E-state index contributed by atoms with van der Waals surface area (Å²) in [5.41, 5.74) is 0.0427. The standard InChI is InChI=1S/C19H14FN3O4/c20-14-6-2-4-8-16(14)26-12-18(24)27-11-17-22-15-7-3-1-5-13(15)19(25)23(17)10-9-21/h1-8H,10-12H2. The molecule has 0 aliphatic carbocycles. The van der Waals surface area contributed by atoms with Crippen molar-refractivity contribution in [2.24, 2.45) is 0 Å². The number of esters is 1. The number of carbonyl (C=O) groups excluding carboxylic acids is 1. The molecule has 0 atom stereocenters. The van der Waals surface area contributed by atoms with Gasteiger partial charge in [0.2, 0.25) is 0 Å². The highest BCUT2D eigenvalue weighted by molar-refractivity contribution is 5.77. The molecular formula is C19H14FN3O4. The highest BCUT2D eigenvalue weighted by Gasteiger charge is 2.13. The van der Waals surface area contributed by atoms with Gasteiger partial charge in [0.25, 0.3) is 5.56 Å². The molecule has 0 unspecified atom stereocenters. The number of carbonyl (C=O) groups is 1. The van der Waals surface area contributed by atoms with Gasteiger partial charge in [-0.05, 0) is 24.3 Å². The van der Waals surface area contributed by atoms with E-state index in [0.29, 0.717) is 10.9 Å². The van der Waals surface area contributed by atoms with Crippen LogP contribution in [0.1, 0.15) is 5.82 Å². The van der Waals surface area contributed by atoms with Gasteiger partial charge in [-0.3, -0.25) is 9.36 Å². The van der Waals surface area contributed by atoms with Crippen molar-refractivity contribution in [2.75, 3.05) is 6.61 Å². The van der Waals surface area contributed by atoms with E-state index < -0.39 is 24.0 Å². The van der Waals surface area contributed by atoms with Crippen LogP contribution in [0.2, 0.25) is 0 Å². The molecule has 0 amide bonds. The maximum atomic E-state index is 13.5. The van der Waals surface area contributed by atoms with Crippen molar-refractivity contribution in [3.05, 3.63) is 70.5 Å². The first-order valence-electron chi connectivity index (χ1n) is 7.98. The zero-order valence-electron chi connectivity index (χ0n) is 14.1. The van der Waals surface area contributed by atoms with Gasteiger partial charge in [-0.2, -0.15) is 5.26 Å². The fourth-order valence-corrected chi connectivity index (χ4v) is 2.44. The number of fused-ring (bicyclic) bond motifs is 1. The van der Waals surface area contributed by atoms with E-state index in [1.54, 1.807) is 30.3 Å². The van der Waals surface area contributed by atoms with Crippen LogP contribution in [0.15, 0.2) is 53.3 Å². The molecule has 0 spiro atoms. The topological polar surface area (TPSA) is 94.2 Å². The second-order valence-corrected chi connectivity index (χ2v) is 5.47. The van der Waals surface area contributed by atoms with Crippen LogP contribution in [0.25, 0.3) is 10.9 Å². The average molecular weight is 367 g/mol. The fraction of sp³-hybridized carbons (Fsp3) is 0.158. The molecule has 0 bridgehead atoms. The van der Waals surface area contributed by atoms with Gasteiger partial charge in [-0.15, -0.1) is 0 Å². The maximum absolute atomic E-state index is 13.5. The van der Waals surface area contributed by atoms with E-state index in [0.717, 1.165) is 4.57 Å². The molecule has 136 valence electrons. The minimum Gasteiger partial charge on any atom is -0.479 e. The first-order valence-corrected chi connectivity index (χ1v) is 7.98. The van der Waals surface area contributed by atoms with Crippen LogP contribution in [0.5, 0.6) is 5.75 Å². The van der Waals surface area contributed by atoms with Gasteiger partial charge in [-0.25, -0.2) is 14.2 Å². The zero-order chi connectivity index (χ0) is 19.2. The van der Waals surface area contributed by atoms with E-state index in [-0.39, 0.29) is 24.7 Å². The third-order valence-corrected chi connectivity index (χ3v) is 3.71. The number of rotatable bonds is 6. The molecule has 3 aromatic rings. The van der Waals surface area contributed by atoms with Crippen molar-refractivity contribution in [1.29, 1.82) is 5.26 Å². The van der Waals surface area contributed by atoms with Gasteiger partial charge in [-0.1, -0.05) is 24.3 Å². The Labute approximate surface area is 153 Å². The smallest absolute Gasteiger partial charge is 0.344 e. The molecule has 0 saturated carbocycles. The number of halogens is 1. The Morgan fingerprint density at radius 1 is 1.19 bits per heavy atom. The molecule has 7 nitrogen and oxygen atoms in total. The lowest BCUT2D eigenvalue weighted by Crippen LogP contribution is -2.26. The molecule has 2 aromatic carbocycles. The number of hydrogen-bond acceptors (Lipinski definition) is 6. The van der Waals surface area contributed by atoms with Crippen LogP contribution < -0.4 is 10.3 Å². The Hall–Kier alpha value is -3.73. The predicted molar refractivity (Wildman–Crippen MR) is 93.3 cm³/mol. The molecular weight excluding hydrogens is 353 g/mol. The Kier molecular flexibility index (Phi) is 5.42. The normalized spacial score (nSPS) is 10.4. The summed E-state index contributed by atoms with van der Waals surface area (Å²) in [7, 11) is 0. The minimum atomic E-state index is -0.760. The molecule has 0 radical (unpaired) electrons. The van der Waals surface area contributed by atoms with E-state index >= 15 is 0 Å². The van der Waals surface area contributed by atoms with Crippen LogP contribution >= 0.6 is 0 Å². The summed E-state index contributed by atoms with van der Waals surface area (Å²) < 4.78 is 24.7. The fourth-order valence-electron chi connectivity index (χ4n) is 2.44. The van der Waals surface area contributed by atoms with Gasteiger partial charge < -0.3 is 9.47 Å². The van der Waals surface area contributed by atoms with E-state index in [1.807, 2.05) is 6.07 Å². The largest absolute Gasteiger partial charge is 0.479 e. The highest BCUT2D eigenvalue weighted by Crippen LogP contribution is 2.15. The SMILES string of the molecule is N#CCn1c(COC(=O)COc2ccccc2F)nc2ccccc2c1=O. The van der Waals surface area contributed by atoms with Crippen LogP contribution in [-0.4, -0.2) is 22.1 Å². The quantitative estimate of drug-likeness (QED) is 0.620. The summed E-state index contributed by atoms with van der Waals surface area (Å²) in [6.07, 6.45) is 0. The number of aromatic nitrogens is 2. The van der Waals surface area contributed by atoms with Crippen LogP contribution in [0, 0.1) is 17.1 Å². The van der Waals surface area contributed by atoms with Gasteiger partial charge in [0.05, 0.1) is 17.0 Å². The number of para-hydroxylation sites is 2. The first-order chi connectivity index (χ1) is 13.1. The molecule has 0 N–H and O–H groups in total. The summed E-state index contributed by atoms with van der Waals surface area (Å²) in [5, 5.41) is 9.32. The molecule has 0 saturated heterocycles. The summed E-state index contributed by atoms with van der Waals surface area (Å²) in [4.78, 5) is 28.7. The van der Waals surface area contributed by atoms with Gasteiger partial charge in [0.1, 0.15) is 13.2 Å². The van der Waals surface area contributed by atoms with Crippen LogP contribution in [0.4, 0.5) is 4.39 Å². The molecule has 0 fully saturated rings. The number of ether oxygens (including phenoxy) is 2. The van der Waals surface area contributed by atoms with Crippen molar-refractivity contribution in [3.8, 4) is 11.8 Å². The summed E-state index contributed by atoms with van der Waals surface area (Å²) >= 11 is 0. The Morgan fingerprint density at radius 3 is 2.70 bits per heavy atom. The van der Waals surface area contributed by atoms with Crippen molar-refractivity contribution < 1.29 is 18.7 Å². The second kappa shape index (κ2) is 8.10. The Morgan fingerprint density at radius 2 is 1.93 bits per heavy atom. The molecule has 3 rings (SSSR count). The monoisotopic (exact) mass is 367 g/mol. The molecule has 8 heteroatoms. The lowest BCUT2D eigenvalue weighted by atomic mass is 10.2. The average Bonchev–Trinajstić information content (AvgIpc) is 2.68. The summed E-state index contributed by atoms with van der Waals surface area (Å²) in [6.45, 7) is -1.05. The second-order valence-electron chi connectivity index (χ2n) is 5.47. The van der Waals surface area contributed by atoms with E-state index in [2.05, 4.69) is 4.98 Å². The van der Waals surface area contributed by atoms with E-state index in [9.17, 15) is 14.0 Å². The van der Waals surface area contributed by atoms with Crippen LogP contribution in [-0.2, 0) is 22.7 Å². The third-order valence-electron chi connectivity index (χ3n) is 3.71. The number of benzene rings is 2. The van der Waals surface area contributed by atoms with Crippen molar-refractivity contribution in [2.45, 2.75) is 13.2 Å². The van der Waals surface area contributed by atoms with Gasteiger partial charge in [0.15, 0.2) is 24.0 Å². The molecule has 0 aliphatic heterocycles. The van der Waals surface area contributed by atoms with Gasteiger partial charge in [0, 0.05) is 0 Å². The lowest BCUT2D eigenvalue weighted by molar-refractivity contribution is -0.147. The molecule has 1 aromatic heterocycles. The maximum Gasteiger partial charge on any atom is 0.344 e. The number of nitriles is 1. The first kappa shape index (κ1) is 18.1.